The van der Waals surface area contributed by atoms with E-state index in [9.17, 15) is 13.2 Å². The zero-order valence-electron chi connectivity index (χ0n) is 13.7. The van der Waals surface area contributed by atoms with E-state index in [1.165, 1.54) is 18.2 Å². The van der Waals surface area contributed by atoms with Crippen LogP contribution in [0.5, 0.6) is 5.75 Å². The number of alkyl halides is 3. The summed E-state index contributed by atoms with van der Waals surface area (Å²) in [5, 5.41) is 10.8. The lowest BCUT2D eigenvalue weighted by atomic mass is 9.99. The van der Waals surface area contributed by atoms with Gasteiger partial charge in [0.15, 0.2) is 0 Å². The number of aromatic nitrogens is 4. The summed E-state index contributed by atoms with van der Waals surface area (Å²) < 4.78 is 46.9. The molecule has 2 aromatic heterocycles. The van der Waals surface area contributed by atoms with Gasteiger partial charge in [0.2, 0.25) is 11.7 Å². The van der Waals surface area contributed by atoms with Gasteiger partial charge in [0, 0.05) is 11.3 Å². The number of rotatable bonds is 4. The molecule has 1 atom stereocenters. The van der Waals surface area contributed by atoms with Crippen LogP contribution in [0.15, 0.2) is 28.8 Å². The van der Waals surface area contributed by atoms with Crippen LogP contribution in [0, 0.1) is 13.8 Å². The minimum atomic E-state index is -4.80. The van der Waals surface area contributed by atoms with E-state index in [1.54, 1.807) is 6.07 Å². The van der Waals surface area contributed by atoms with E-state index in [2.05, 4.69) is 25.1 Å². The van der Waals surface area contributed by atoms with Gasteiger partial charge in [-0.05, 0) is 32.9 Å². The number of aromatic amines is 1. The molecule has 0 aliphatic carbocycles. The fourth-order valence-corrected chi connectivity index (χ4v) is 2.71. The lowest BCUT2D eigenvalue weighted by Crippen LogP contribution is -2.17. The van der Waals surface area contributed by atoms with Crippen LogP contribution in [-0.2, 0) is 0 Å². The van der Waals surface area contributed by atoms with Gasteiger partial charge in [0.1, 0.15) is 5.75 Å². The molecule has 0 saturated carbocycles. The molecule has 0 fully saturated rings. The molecule has 2 heterocycles. The predicted octanol–water partition coefficient (Wildman–Crippen LogP) is 4.13. The van der Waals surface area contributed by atoms with Gasteiger partial charge in [-0.25, -0.2) is 0 Å². The third-order valence-corrected chi connectivity index (χ3v) is 3.78. The van der Waals surface area contributed by atoms with Crippen molar-refractivity contribution in [3.8, 4) is 17.1 Å². The first-order chi connectivity index (χ1) is 11.8. The molecule has 1 aromatic carbocycles. The van der Waals surface area contributed by atoms with Crippen LogP contribution in [0.2, 0.25) is 0 Å². The Morgan fingerprint density at radius 1 is 1.20 bits per heavy atom. The third-order valence-electron chi connectivity index (χ3n) is 3.78. The van der Waals surface area contributed by atoms with Gasteiger partial charge in [-0.2, -0.15) is 10.1 Å². The summed E-state index contributed by atoms with van der Waals surface area (Å²) in [6.07, 6.45) is -4.80. The first-order valence-electron chi connectivity index (χ1n) is 7.46. The highest BCUT2D eigenvalue weighted by atomic mass is 19.4. The second kappa shape index (κ2) is 6.23. The fraction of sp³-hybridized carbons (Fsp3) is 0.312. The minimum absolute atomic E-state index is 0.0282. The molecule has 9 heteroatoms. The maximum absolute atomic E-state index is 12.5. The highest BCUT2D eigenvalue weighted by molar-refractivity contribution is 5.63. The van der Waals surface area contributed by atoms with E-state index in [-0.39, 0.29) is 28.9 Å². The minimum Gasteiger partial charge on any atom is -0.405 e. The number of hydrogen-bond acceptors (Lipinski definition) is 5. The summed E-state index contributed by atoms with van der Waals surface area (Å²) in [4.78, 5) is 4.24. The largest absolute Gasteiger partial charge is 0.573 e. The predicted molar refractivity (Wildman–Crippen MR) is 82.0 cm³/mol. The highest BCUT2D eigenvalue weighted by Crippen LogP contribution is 2.34. The Morgan fingerprint density at radius 2 is 1.92 bits per heavy atom. The van der Waals surface area contributed by atoms with E-state index in [1.807, 2.05) is 20.8 Å². The number of nitrogens with one attached hydrogen (secondary N) is 1. The molecule has 0 amide bonds. The molecule has 0 saturated heterocycles. The summed E-state index contributed by atoms with van der Waals surface area (Å²) in [6.45, 7) is 5.58. The molecular weight excluding hydrogens is 337 g/mol. The lowest BCUT2D eigenvalue weighted by Gasteiger charge is -2.11. The Labute approximate surface area is 141 Å². The number of halogens is 3. The van der Waals surface area contributed by atoms with Crippen molar-refractivity contribution in [2.45, 2.75) is 33.1 Å². The highest BCUT2D eigenvalue weighted by Gasteiger charge is 2.33. The van der Waals surface area contributed by atoms with E-state index < -0.39 is 6.36 Å². The quantitative estimate of drug-likeness (QED) is 0.764. The molecule has 1 N–H and O–H groups in total. The smallest absolute Gasteiger partial charge is 0.405 e. The van der Waals surface area contributed by atoms with E-state index >= 15 is 0 Å². The Morgan fingerprint density at radius 3 is 2.56 bits per heavy atom. The third kappa shape index (κ3) is 3.49. The molecule has 0 aliphatic heterocycles. The number of benzene rings is 1. The van der Waals surface area contributed by atoms with Gasteiger partial charge < -0.3 is 9.26 Å². The molecule has 132 valence electrons. The number of hydrogen-bond donors (Lipinski definition) is 1. The number of ether oxygens (including phenoxy) is 1. The van der Waals surface area contributed by atoms with Crippen LogP contribution in [0.3, 0.4) is 0 Å². The van der Waals surface area contributed by atoms with Crippen molar-refractivity contribution in [3.63, 3.8) is 0 Å². The molecule has 0 radical (unpaired) electrons. The number of aryl methyl sites for hydroxylation is 2. The summed E-state index contributed by atoms with van der Waals surface area (Å²) in [7, 11) is 0. The van der Waals surface area contributed by atoms with Crippen LogP contribution in [0.1, 0.15) is 35.7 Å². The Hall–Kier alpha value is -2.84. The van der Waals surface area contributed by atoms with E-state index in [0.717, 1.165) is 17.0 Å². The van der Waals surface area contributed by atoms with Gasteiger partial charge in [0.05, 0.1) is 17.2 Å². The van der Waals surface area contributed by atoms with Crippen LogP contribution in [0.25, 0.3) is 11.4 Å². The molecule has 0 aliphatic rings. The fourth-order valence-electron chi connectivity index (χ4n) is 2.71. The molecule has 0 bridgehead atoms. The standard InChI is InChI=1S/C16H15F3N4O2/c1-8(13-9(2)21-22-10(13)3)15-20-14(23-25-15)11-6-4-5-7-12(11)24-16(17,18)19/h4-8H,1-3H3,(H,21,22). The van der Waals surface area contributed by atoms with Crippen LogP contribution < -0.4 is 4.74 Å². The van der Waals surface area contributed by atoms with Crippen molar-refractivity contribution in [3.05, 3.63) is 47.1 Å². The maximum atomic E-state index is 12.5. The lowest BCUT2D eigenvalue weighted by molar-refractivity contribution is -0.274. The van der Waals surface area contributed by atoms with Crippen molar-refractivity contribution < 1.29 is 22.4 Å². The second-order valence-corrected chi connectivity index (χ2v) is 5.57. The van der Waals surface area contributed by atoms with Crippen molar-refractivity contribution in [1.82, 2.24) is 20.3 Å². The SMILES string of the molecule is Cc1n[nH]c(C)c1C(C)c1nc(-c2ccccc2OC(F)(F)F)no1. The molecule has 1 unspecified atom stereocenters. The molecule has 3 aromatic rings. The van der Waals surface area contributed by atoms with Crippen molar-refractivity contribution in [2.75, 3.05) is 0 Å². The van der Waals surface area contributed by atoms with Crippen LogP contribution >= 0.6 is 0 Å². The van der Waals surface area contributed by atoms with Gasteiger partial charge in [-0.1, -0.05) is 17.3 Å². The first-order valence-corrected chi connectivity index (χ1v) is 7.46. The van der Waals surface area contributed by atoms with Crippen molar-refractivity contribution >= 4 is 0 Å². The average molecular weight is 352 g/mol. The number of para-hydroxylation sites is 1. The zero-order valence-corrected chi connectivity index (χ0v) is 13.7. The first kappa shape index (κ1) is 17.0. The van der Waals surface area contributed by atoms with Crippen molar-refractivity contribution in [1.29, 1.82) is 0 Å². The second-order valence-electron chi connectivity index (χ2n) is 5.57. The van der Waals surface area contributed by atoms with Crippen molar-refractivity contribution in [2.24, 2.45) is 0 Å². The Balaban J connectivity index is 1.95. The molecule has 6 nitrogen and oxygen atoms in total. The number of H-pyrrole nitrogens is 1. The Bertz CT molecular complexity index is 866. The summed E-state index contributed by atoms with van der Waals surface area (Å²) >= 11 is 0. The topological polar surface area (TPSA) is 76.8 Å². The van der Waals surface area contributed by atoms with Crippen LogP contribution in [0.4, 0.5) is 13.2 Å². The molecule has 25 heavy (non-hydrogen) atoms. The number of nitrogens with zero attached hydrogens (tertiary/aromatic N) is 3. The zero-order chi connectivity index (χ0) is 18.2. The molecule has 3 rings (SSSR count). The van der Waals surface area contributed by atoms with Gasteiger partial charge in [-0.3, -0.25) is 5.10 Å². The normalized spacial score (nSPS) is 13.0. The Kier molecular flexibility index (Phi) is 4.23. The molecule has 0 spiro atoms. The monoisotopic (exact) mass is 352 g/mol. The van der Waals surface area contributed by atoms with Crippen LogP contribution in [-0.4, -0.2) is 26.7 Å². The van der Waals surface area contributed by atoms with Gasteiger partial charge >= 0.3 is 6.36 Å². The summed E-state index contributed by atoms with van der Waals surface area (Å²) in [6, 6.07) is 5.65. The molecular formula is C16H15F3N4O2. The maximum Gasteiger partial charge on any atom is 0.573 e. The van der Waals surface area contributed by atoms with Gasteiger partial charge in [0.25, 0.3) is 0 Å². The van der Waals surface area contributed by atoms with E-state index in [0.29, 0.717) is 0 Å². The summed E-state index contributed by atoms with van der Waals surface area (Å²) in [5.74, 6) is -0.328. The van der Waals surface area contributed by atoms with Gasteiger partial charge in [-0.15, -0.1) is 13.2 Å². The van der Waals surface area contributed by atoms with E-state index in [4.69, 9.17) is 4.52 Å². The average Bonchev–Trinajstić information content (AvgIpc) is 3.13. The summed E-state index contributed by atoms with van der Waals surface area (Å²) in [5.41, 5.74) is 2.67.